The van der Waals surface area contributed by atoms with Gasteiger partial charge in [-0.25, -0.2) is 4.79 Å². The van der Waals surface area contributed by atoms with Crippen molar-refractivity contribution in [1.29, 1.82) is 0 Å². The second-order valence-corrected chi connectivity index (χ2v) is 9.33. The second-order valence-electron chi connectivity index (χ2n) is 8.32. The summed E-state index contributed by atoms with van der Waals surface area (Å²) in [7, 11) is 0. The largest absolute Gasteiger partial charge is 0.455 e. The van der Waals surface area contributed by atoms with Crippen LogP contribution in [-0.4, -0.2) is 42.6 Å². The molecule has 174 valence electrons. The van der Waals surface area contributed by atoms with E-state index in [9.17, 15) is 19.2 Å². The predicted octanol–water partition coefficient (Wildman–Crippen LogP) is 4.17. The fourth-order valence-electron chi connectivity index (χ4n) is 3.81. The number of fused-ring (bicyclic) bond motifs is 2. The third kappa shape index (κ3) is 4.97. The number of carbonyl (C=O) groups excluding carboxylic acids is 4. The zero-order chi connectivity index (χ0) is 24.2. The van der Waals surface area contributed by atoms with Gasteiger partial charge in [0.1, 0.15) is 0 Å². The van der Waals surface area contributed by atoms with Crippen LogP contribution < -0.4 is 10.6 Å². The van der Waals surface area contributed by atoms with Crippen LogP contribution in [0.25, 0.3) is 21.9 Å². The van der Waals surface area contributed by atoms with Gasteiger partial charge < -0.3 is 10.1 Å². The van der Waals surface area contributed by atoms with E-state index in [1.807, 2.05) is 68.4 Å². The Hall–Kier alpha value is -3.65. The SMILES string of the molecule is CC(C)CNC(=O)NC(=O)COC(=O)CSc1ccc2c3c(cccc13)C(=O)c1ccccc1-2. The molecule has 2 N–H and O–H groups in total. The van der Waals surface area contributed by atoms with Crippen molar-refractivity contribution in [2.45, 2.75) is 18.7 Å². The molecule has 3 amide bonds. The number of hydrogen-bond donors (Lipinski definition) is 2. The standard InChI is InChI=1S/C26H24N2O5S/c1-15(2)12-27-26(32)28-22(29)13-33-23(30)14-34-21-11-10-17-16-6-3-4-7-18(16)25(31)20-9-5-8-19(21)24(17)20/h3-11,15H,12-14H2,1-2H3,(H2,27,28,29,32). The topological polar surface area (TPSA) is 102 Å². The predicted molar refractivity (Wildman–Crippen MR) is 131 cm³/mol. The van der Waals surface area contributed by atoms with Gasteiger partial charge in [-0.1, -0.05) is 62.4 Å². The first kappa shape index (κ1) is 23.5. The molecular formula is C26H24N2O5S. The zero-order valence-electron chi connectivity index (χ0n) is 18.8. The van der Waals surface area contributed by atoms with Crippen molar-refractivity contribution < 1.29 is 23.9 Å². The minimum absolute atomic E-state index is 0.0151. The summed E-state index contributed by atoms with van der Waals surface area (Å²) in [6.45, 7) is 3.76. The number of imide groups is 1. The Labute approximate surface area is 201 Å². The number of ketones is 1. The van der Waals surface area contributed by atoms with Gasteiger partial charge in [-0.2, -0.15) is 0 Å². The Morgan fingerprint density at radius 2 is 1.65 bits per heavy atom. The average molecular weight is 477 g/mol. The van der Waals surface area contributed by atoms with Crippen molar-refractivity contribution in [2.24, 2.45) is 5.92 Å². The maximum absolute atomic E-state index is 13.0. The van der Waals surface area contributed by atoms with E-state index in [-0.39, 0.29) is 17.5 Å². The Kier molecular flexibility index (Phi) is 6.98. The van der Waals surface area contributed by atoms with Gasteiger partial charge in [0.15, 0.2) is 12.4 Å². The highest BCUT2D eigenvalue weighted by molar-refractivity contribution is 8.00. The minimum Gasteiger partial charge on any atom is -0.455 e. The van der Waals surface area contributed by atoms with E-state index < -0.39 is 24.5 Å². The van der Waals surface area contributed by atoms with Crippen molar-refractivity contribution in [3.05, 3.63) is 65.7 Å². The van der Waals surface area contributed by atoms with Crippen molar-refractivity contribution in [1.82, 2.24) is 10.6 Å². The van der Waals surface area contributed by atoms with Gasteiger partial charge in [0.25, 0.3) is 5.91 Å². The molecule has 1 aliphatic carbocycles. The number of amides is 3. The molecule has 1 aliphatic rings. The molecule has 0 saturated carbocycles. The summed E-state index contributed by atoms with van der Waals surface area (Å²) in [5.41, 5.74) is 3.21. The highest BCUT2D eigenvalue weighted by Crippen LogP contribution is 2.42. The van der Waals surface area contributed by atoms with Crippen LogP contribution in [0, 0.1) is 5.92 Å². The first-order valence-corrected chi connectivity index (χ1v) is 11.9. The maximum Gasteiger partial charge on any atom is 0.321 e. The molecule has 8 heteroatoms. The number of carbonyl (C=O) groups is 4. The molecule has 0 fully saturated rings. The first-order valence-electron chi connectivity index (χ1n) is 10.9. The number of hydrogen-bond acceptors (Lipinski definition) is 6. The lowest BCUT2D eigenvalue weighted by Crippen LogP contribution is -2.42. The van der Waals surface area contributed by atoms with Crippen LogP contribution in [0.15, 0.2) is 59.5 Å². The number of thioether (sulfide) groups is 1. The van der Waals surface area contributed by atoms with Gasteiger partial charge in [0.2, 0.25) is 0 Å². The normalized spacial score (nSPS) is 11.8. The molecule has 0 heterocycles. The zero-order valence-corrected chi connectivity index (χ0v) is 19.7. The Morgan fingerprint density at radius 1 is 0.912 bits per heavy atom. The van der Waals surface area contributed by atoms with Crippen LogP contribution in [0.3, 0.4) is 0 Å². The lowest BCUT2D eigenvalue weighted by Gasteiger charge is -2.21. The second kappa shape index (κ2) is 10.1. The third-order valence-corrected chi connectivity index (χ3v) is 6.39. The van der Waals surface area contributed by atoms with Crippen LogP contribution in [0.4, 0.5) is 4.79 Å². The molecule has 4 rings (SSSR count). The Bertz CT molecular complexity index is 1300. The van der Waals surface area contributed by atoms with Crippen molar-refractivity contribution in [3.63, 3.8) is 0 Å². The van der Waals surface area contributed by atoms with Crippen molar-refractivity contribution in [3.8, 4) is 11.1 Å². The maximum atomic E-state index is 13.0. The molecule has 0 aliphatic heterocycles. The summed E-state index contributed by atoms with van der Waals surface area (Å²) < 4.78 is 5.00. The van der Waals surface area contributed by atoms with Crippen LogP contribution in [0.5, 0.6) is 0 Å². The molecule has 0 saturated heterocycles. The number of ether oxygens (including phenoxy) is 1. The van der Waals surface area contributed by atoms with E-state index in [2.05, 4.69) is 10.6 Å². The fourth-order valence-corrected chi connectivity index (χ4v) is 4.66. The van der Waals surface area contributed by atoms with Crippen LogP contribution in [-0.2, 0) is 14.3 Å². The van der Waals surface area contributed by atoms with E-state index >= 15 is 0 Å². The summed E-state index contributed by atoms with van der Waals surface area (Å²) in [5.74, 6) is -1.06. The monoisotopic (exact) mass is 476 g/mol. The molecule has 0 bridgehead atoms. The molecule has 0 atom stereocenters. The third-order valence-electron chi connectivity index (χ3n) is 5.34. The van der Waals surface area contributed by atoms with Gasteiger partial charge in [-0.15, -0.1) is 11.8 Å². The smallest absolute Gasteiger partial charge is 0.321 e. The quantitative estimate of drug-likeness (QED) is 0.307. The van der Waals surface area contributed by atoms with Crippen LogP contribution in [0.2, 0.25) is 0 Å². The molecule has 34 heavy (non-hydrogen) atoms. The van der Waals surface area contributed by atoms with Crippen molar-refractivity contribution in [2.75, 3.05) is 18.9 Å². The van der Waals surface area contributed by atoms with Gasteiger partial charge in [0.05, 0.1) is 5.75 Å². The van der Waals surface area contributed by atoms with E-state index in [4.69, 9.17) is 4.74 Å². The summed E-state index contributed by atoms with van der Waals surface area (Å²) in [4.78, 5) is 49.5. The van der Waals surface area contributed by atoms with E-state index in [0.29, 0.717) is 17.7 Å². The summed E-state index contributed by atoms with van der Waals surface area (Å²) >= 11 is 1.27. The van der Waals surface area contributed by atoms with Gasteiger partial charge in [-0.3, -0.25) is 19.7 Å². The lowest BCUT2D eigenvalue weighted by atomic mass is 9.83. The number of rotatable bonds is 7. The highest BCUT2D eigenvalue weighted by atomic mass is 32.2. The Balaban J connectivity index is 1.41. The van der Waals surface area contributed by atoms with Crippen LogP contribution in [0.1, 0.15) is 29.8 Å². The van der Waals surface area contributed by atoms with E-state index in [1.165, 1.54) is 11.8 Å². The number of nitrogens with one attached hydrogen (secondary N) is 2. The molecule has 0 aromatic heterocycles. The van der Waals surface area contributed by atoms with E-state index in [1.54, 1.807) is 0 Å². The first-order chi connectivity index (χ1) is 16.3. The molecule has 0 unspecified atom stereocenters. The Morgan fingerprint density at radius 3 is 2.41 bits per heavy atom. The minimum atomic E-state index is -0.696. The van der Waals surface area contributed by atoms with Gasteiger partial charge >= 0.3 is 12.0 Å². The summed E-state index contributed by atoms with van der Waals surface area (Å²) in [6, 6.07) is 16.4. The lowest BCUT2D eigenvalue weighted by molar-refractivity contribution is -0.145. The summed E-state index contributed by atoms with van der Waals surface area (Å²) in [6.07, 6.45) is 0. The summed E-state index contributed by atoms with van der Waals surface area (Å²) in [5, 5.41) is 6.43. The van der Waals surface area contributed by atoms with Crippen molar-refractivity contribution >= 4 is 46.2 Å². The number of esters is 1. The molecular weight excluding hydrogens is 452 g/mol. The van der Waals surface area contributed by atoms with Gasteiger partial charge in [-0.05, 0) is 28.5 Å². The molecule has 3 aromatic rings. The molecule has 0 radical (unpaired) electrons. The van der Waals surface area contributed by atoms with E-state index in [0.717, 1.165) is 26.8 Å². The fraction of sp³-hybridized carbons (Fsp3) is 0.231. The highest BCUT2D eigenvalue weighted by Gasteiger charge is 2.25. The number of urea groups is 1. The molecule has 7 nitrogen and oxygen atoms in total. The molecule has 3 aromatic carbocycles. The number of benzene rings is 3. The molecule has 0 spiro atoms. The average Bonchev–Trinajstić information content (AvgIpc) is 2.83. The van der Waals surface area contributed by atoms with Gasteiger partial charge in [0, 0.05) is 28.0 Å². The van der Waals surface area contributed by atoms with Crippen LogP contribution >= 0.6 is 11.8 Å².